The van der Waals surface area contributed by atoms with E-state index in [4.69, 9.17) is 4.74 Å². The molecule has 4 atom stereocenters. The van der Waals surface area contributed by atoms with Gasteiger partial charge in [0.15, 0.2) is 23.1 Å². The number of carboxylic acids is 1. The number of nitrogens with one attached hydrogen (secondary N) is 2. The molecule has 0 saturated heterocycles. The van der Waals surface area contributed by atoms with Crippen LogP contribution in [-0.4, -0.2) is 62.9 Å². The molecule has 1 fully saturated rings. The number of nitrogens with zero attached hydrogens (tertiary/aromatic N) is 3. The monoisotopic (exact) mass is 637 g/mol. The van der Waals surface area contributed by atoms with Crippen molar-refractivity contribution in [2.75, 3.05) is 6.54 Å². The zero-order valence-electron chi connectivity index (χ0n) is 26.3. The van der Waals surface area contributed by atoms with Crippen LogP contribution in [0.5, 0.6) is 0 Å². The molecule has 13 heteroatoms. The first-order valence-electron chi connectivity index (χ1n) is 15.0. The van der Waals surface area contributed by atoms with Crippen LogP contribution in [0.15, 0.2) is 52.6 Å². The van der Waals surface area contributed by atoms with Gasteiger partial charge in [0.2, 0.25) is 0 Å². The molecule has 5 rings (SSSR count). The largest absolute Gasteiger partial charge is 0.476 e. The number of allylic oxidation sites excluding steroid dienone is 1. The summed E-state index contributed by atoms with van der Waals surface area (Å²) in [5.74, 6) is -4.37. The molecule has 0 spiro atoms. The fraction of sp³-hybridized carbons (Fsp3) is 0.455. The number of aliphatic imine (C=N–C) groups is 1. The lowest BCUT2D eigenvalue weighted by atomic mass is 9.69. The Balaban J connectivity index is 1.37. The van der Waals surface area contributed by atoms with Gasteiger partial charge in [-0.25, -0.2) is 28.0 Å². The molecular formula is C33H37F2N5O6. The first-order chi connectivity index (χ1) is 21.6. The second-order valence-electron chi connectivity index (χ2n) is 13.4. The van der Waals surface area contributed by atoms with Crippen LogP contribution in [0.1, 0.15) is 69.9 Å². The number of rotatable bonds is 9. The summed E-state index contributed by atoms with van der Waals surface area (Å²) in [5.41, 5.74) is -1.15. The standard InChI is InChI=1S/C33H37F2N5O6/c1-18-20(30(45)46-31(2,3)4)10-11-32(5)21(18)7-9-26(32)37-16-33(17-41)14-25(38-27-13-24(29(43)44)39-40(27)33)28(42)36-15-19-6-8-22(34)23(35)12-19/h6,8,10-13,17,21,26,37H,7,9,14-16H2,1-5H3,(H,36,42)(H,43,44). The molecule has 1 aliphatic heterocycles. The van der Waals surface area contributed by atoms with Gasteiger partial charge in [0, 0.05) is 37.0 Å². The Morgan fingerprint density at radius 2 is 1.91 bits per heavy atom. The van der Waals surface area contributed by atoms with Gasteiger partial charge in [0.1, 0.15) is 23.1 Å². The van der Waals surface area contributed by atoms with Crippen LogP contribution in [0.2, 0.25) is 0 Å². The van der Waals surface area contributed by atoms with E-state index in [0.717, 1.165) is 30.5 Å². The molecule has 3 N–H and O–H groups in total. The number of halogens is 2. The molecule has 244 valence electrons. The number of carbonyl (C=O) groups excluding carboxylic acids is 3. The Labute approximate surface area is 264 Å². The van der Waals surface area contributed by atoms with Gasteiger partial charge in [-0.2, -0.15) is 5.10 Å². The topological polar surface area (TPSA) is 152 Å². The second kappa shape index (κ2) is 12.0. The van der Waals surface area contributed by atoms with Crippen molar-refractivity contribution in [1.82, 2.24) is 20.4 Å². The normalized spacial score (nSPS) is 25.4. The third-order valence-electron chi connectivity index (χ3n) is 9.05. The minimum Gasteiger partial charge on any atom is -0.476 e. The van der Waals surface area contributed by atoms with E-state index in [9.17, 15) is 33.1 Å². The SMILES string of the molecule is CC1=C(C(=O)OC(C)(C)C)C=CC2(C)C(NCC3(C=O)CC(C(=O)NCc4ccc(F)c(F)c4)=Nc4cc(C(=O)O)nn43)CCC12. The Hall–Kier alpha value is -4.52. The fourth-order valence-electron chi connectivity index (χ4n) is 6.64. The van der Waals surface area contributed by atoms with E-state index in [1.165, 1.54) is 16.8 Å². The zero-order valence-corrected chi connectivity index (χ0v) is 26.3. The van der Waals surface area contributed by atoms with Gasteiger partial charge in [0.05, 0.1) is 5.57 Å². The number of carboxylic acid groups (broad SMARTS) is 1. The number of aldehydes is 1. The molecule has 3 aliphatic rings. The van der Waals surface area contributed by atoms with Gasteiger partial charge < -0.3 is 25.3 Å². The number of fused-ring (bicyclic) bond motifs is 2. The van der Waals surface area contributed by atoms with E-state index in [0.29, 0.717) is 17.4 Å². The van der Waals surface area contributed by atoms with Gasteiger partial charge in [-0.05, 0) is 64.2 Å². The molecule has 0 bridgehead atoms. The maximum absolute atomic E-state index is 13.7. The summed E-state index contributed by atoms with van der Waals surface area (Å²) in [4.78, 5) is 55.2. The molecule has 1 amide bonds. The molecular weight excluding hydrogens is 600 g/mol. The predicted octanol–water partition coefficient (Wildman–Crippen LogP) is 4.15. The number of carbonyl (C=O) groups is 4. The lowest BCUT2D eigenvalue weighted by molar-refractivity contribution is -0.149. The minimum absolute atomic E-state index is 0.00220. The number of esters is 1. The van der Waals surface area contributed by atoms with Crippen molar-refractivity contribution >= 4 is 35.7 Å². The second-order valence-corrected chi connectivity index (χ2v) is 13.4. The van der Waals surface area contributed by atoms with Gasteiger partial charge in [-0.15, -0.1) is 0 Å². The zero-order chi connectivity index (χ0) is 33.6. The minimum atomic E-state index is -1.50. The molecule has 11 nitrogen and oxygen atoms in total. The number of aromatic nitrogens is 2. The van der Waals surface area contributed by atoms with E-state index in [-0.39, 0.29) is 54.7 Å². The molecule has 1 aromatic heterocycles. The van der Waals surface area contributed by atoms with E-state index in [1.807, 2.05) is 33.8 Å². The predicted molar refractivity (Wildman–Crippen MR) is 163 cm³/mol. The average molecular weight is 638 g/mol. The van der Waals surface area contributed by atoms with Gasteiger partial charge in [0.25, 0.3) is 5.91 Å². The summed E-state index contributed by atoms with van der Waals surface area (Å²) >= 11 is 0. The summed E-state index contributed by atoms with van der Waals surface area (Å²) in [6.45, 7) is 9.35. The van der Waals surface area contributed by atoms with Crippen molar-refractivity contribution in [1.29, 1.82) is 0 Å². The number of benzene rings is 1. The van der Waals surface area contributed by atoms with Crippen molar-refractivity contribution in [2.24, 2.45) is 16.3 Å². The molecule has 46 heavy (non-hydrogen) atoms. The van der Waals surface area contributed by atoms with Crippen LogP contribution in [-0.2, 0) is 31.2 Å². The van der Waals surface area contributed by atoms with Gasteiger partial charge in [-0.1, -0.05) is 30.7 Å². The van der Waals surface area contributed by atoms with Crippen molar-refractivity contribution in [2.45, 2.75) is 77.6 Å². The van der Waals surface area contributed by atoms with Crippen molar-refractivity contribution in [3.05, 3.63) is 70.5 Å². The number of hydrogen-bond donors (Lipinski definition) is 3. The molecule has 2 aliphatic carbocycles. The van der Waals surface area contributed by atoms with Crippen LogP contribution < -0.4 is 10.6 Å². The highest BCUT2D eigenvalue weighted by atomic mass is 19.2. The van der Waals surface area contributed by atoms with Crippen LogP contribution in [0.25, 0.3) is 0 Å². The molecule has 4 unspecified atom stereocenters. The molecule has 0 radical (unpaired) electrons. The van der Waals surface area contributed by atoms with Crippen molar-refractivity contribution in [3.8, 4) is 0 Å². The summed E-state index contributed by atoms with van der Waals surface area (Å²) in [6, 6.07) is 4.30. The third kappa shape index (κ3) is 6.15. The molecule has 2 aromatic rings. The number of aromatic carboxylic acids is 1. The van der Waals surface area contributed by atoms with Crippen LogP contribution in [0, 0.1) is 23.0 Å². The smallest absolute Gasteiger partial charge is 0.356 e. The molecule has 1 saturated carbocycles. The third-order valence-corrected chi connectivity index (χ3v) is 9.05. The van der Waals surface area contributed by atoms with E-state index < -0.39 is 40.1 Å². The maximum Gasteiger partial charge on any atom is 0.356 e. The van der Waals surface area contributed by atoms with Crippen molar-refractivity contribution < 1.29 is 37.8 Å². The molecule has 2 heterocycles. The Kier molecular flexibility index (Phi) is 8.58. The molecule has 1 aromatic carbocycles. The van der Waals surface area contributed by atoms with Crippen LogP contribution in [0.3, 0.4) is 0 Å². The maximum atomic E-state index is 13.7. The highest BCUT2D eigenvalue weighted by Crippen LogP contribution is 2.51. The first kappa shape index (κ1) is 32.9. The van der Waals surface area contributed by atoms with Crippen LogP contribution >= 0.6 is 0 Å². The summed E-state index contributed by atoms with van der Waals surface area (Å²) < 4.78 is 33.9. The first-order valence-corrected chi connectivity index (χ1v) is 15.0. The Bertz CT molecular complexity index is 1710. The Morgan fingerprint density at radius 1 is 1.17 bits per heavy atom. The van der Waals surface area contributed by atoms with Crippen LogP contribution in [0.4, 0.5) is 14.6 Å². The average Bonchev–Trinajstić information content (AvgIpc) is 3.57. The van der Waals surface area contributed by atoms with Crippen molar-refractivity contribution in [3.63, 3.8) is 0 Å². The summed E-state index contributed by atoms with van der Waals surface area (Å²) in [6.07, 6.45) is 5.73. The van der Waals surface area contributed by atoms with E-state index in [1.54, 1.807) is 6.08 Å². The van der Waals surface area contributed by atoms with Gasteiger partial charge >= 0.3 is 11.9 Å². The highest BCUT2D eigenvalue weighted by Gasteiger charge is 2.50. The Morgan fingerprint density at radius 3 is 2.57 bits per heavy atom. The van der Waals surface area contributed by atoms with Gasteiger partial charge in [-0.3, -0.25) is 4.79 Å². The van der Waals surface area contributed by atoms with E-state index >= 15 is 0 Å². The summed E-state index contributed by atoms with van der Waals surface area (Å²) in [7, 11) is 0. The lowest BCUT2D eigenvalue weighted by Crippen LogP contribution is -2.54. The quantitative estimate of drug-likeness (QED) is 0.274. The number of amides is 1. The van der Waals surface area contributed by atoms with E-state index in [2.05, 4.69) is 27.6 Å². The number of ether oxygens (including phenoxy) is 1. The number of hydrogen-bond acceptors (Lipinski definition) is 8. The lowest BCUT2D eigenvalue weighted by Gasteiger charge is -2.40. The fourth-order valence-corrected chi connectivity index (χ4v) is 6.64. The highest BCUT2D eigenvalue weighted by molar-refractivity contribution is 6.40. The summed E-state index contributed by atoms with van der Waals surface area (Å²) in [5, 5.41) is 19.9.